The molecule has 1 aliphatic heterocycles. The molecule has 0 radical (unpaired) electrons. The van der Waals surface area contributed by atoms with E-state index in [-0.39, 0.29) is 30.5 Å². The van der Waals surface area contributed by atoms with Crippen LogP contribution in [-0.2, 0) is 14.4 Å². The van der Waals surface area contributed by atoms with Crippen molar-refractivity contribution in [1.29, 1.82) is 0 Å². The van der Waals surface area contributed by atoms with Gasteiger partial charge in [-0.1, -0.05) is 12.8 Å². The number of anilines is 2. The maximum atomic E-state index is 13.6. The minimum absolute atomic E-state index is 0.0218. The Kier molecular flexibility index (Phi) is 5.62. The van der Waals surface area contributed by atoms with Crippen molar-refractivity contribution in [1.82, 2.24) is 10.2 Å². The van der Waals surface area contributed by atoms with Crippen molar-refractivity contribution in [2.45, 2.75) is 51.0 Å². The molecule has 1 spiro atoms. The van der Waals surface area contributed by atoms with Gasteiger partial charge in [0.15, 0.2) is 0 Å². The first-order chi connectivity index (χ1) is 13.3. The average molecular weight is 390 g/mol. The van der Waals surface area contributed by atoms with Crippen molar-refractivity contribution in [2.75, 3.05) is 17.2 Å². The molecule has 28 heavy (non-hydrogen) atoms. The number of nitrogens with zero attached hydrogens (tertiary/aromatic N) is 1. The lowest BCUT2D eigenvalue weighted by Gasteiger charge is -2.19. The molecule has 0 unspecified atom stereocenters. The number of benzene rings is 1. The van der Waals surface area contributed by atoms with Crippen LogP contribution in [0.3, 0.4) is 0 Å². The molecule has 2 aliphatic rings. The summed E-state index contributed by atoms with van der Waals surface area (Å²) in [5, 5.41) is 7.77. The van der Waals surface area contributed by atoms with Gasteiger partial charge >= 0.3 is 6.03 Å². The summed E-state index contributed by atoms with van der Waals surface area (Å²) in [6, 6.07) is 3.47. The van der Waals surface area contributed by atoms with Crippen LogP contribution in [0, 0.1) is 5.82 Å². The van der Waals surface area contributed by atoms with Gasteiger partial charge in [-0.3, -0.25) is 19.3 Å². The van der Waals surface area contributed by atoms with E-state index in [9.17, 15) is 23.6 Å². The molecule has 0 aromatic heterocycles. The average Bonchev–Trinajstić information content (AvgIpc) is 3.18. The molecule has 150 valence electrons. The molecule has 1 aliphatic carbocycles. The van der Waals surface area contributed by atoms with E-state index in [1.165, 1.54) is 24.0 Å². The molecule has 1 saturated carbocycles. The van der Waals surface area contributed by atoms with Crippen LogP contribution in [0.15, 0.2) is 18.2 Å². The third kappa shape index (κ3) is 4.13. The molecule has 5 amide bonds. The minimum atomic E-state index is -0.742. The molecular formula is C19H23FN4O4. The lowest BCUT2D eigenvalue weighted by atomic mass is 9.98. The summed E-state index contributed by atoms with van der Waals surface area (Å²) in [5.41, 5.74) is -0.422. The van der Waals surface area contributed by atoms with Crippen LogP contribution in [0.25, 0.3) is 0 Å². The van der Waals surface area contributed by atoms with Gasteiger partial charge in [0.1, 0.15) is 11.4 Å². The van der Waals surface area contributed by atoms with Crippen molar-refractivity contribution in [2.24, 2.45) is 0 Å². The minimum Gasteiger partial charge on any atom is -0.326 e. The van der Waals surface area contributed by atoms with Crippen LogP contribution in [0.1, 0.15) is 45.4 Å². The lowest BCUT2D eigenvalue weighted by molar-refractivity contribution is -0.131. The Hall–Kier alpha value is -2.97. The van der Waals surface area contributed by atoms with Crippen molar-refractivity contribution in [3.05, 3.63) is 24.0 Å². The molecule has 3 rings (SSSR count). The van der Waals surface area contributed by atoms with Crippen LogP contribution in [-0.4, -0.2) is 40.7 Å². The van der Waals surface area contributed by atoms with Crippen LogP contribution < -0.4 is 16.0 Å². The molecule has 8 nitrogen and oxygen atoms in total. The fourth-order valence-electron chi connectivity index (χ4n) is 3.71. The molecule has 2 fully saturated rings. The highest BCUT2D eigenvalue weighted by molar-refractivity contribution is 6.07. The second kappa shape index (κ2) is 7.95. The molecule has 1 heterocycles. The van der Waals surface area contributed by atoms with E-state index in [0.717, 1.165) is 18.9 Å². The van der Waals surface area contributed by atoms with Gasteiger partial charge in [-0.05, 0) is 37.5 Å². The van der Waals surface area contributed by atoms with E-state index in [1.807, 2.05) is 0 Å². The van der Waals surface area contributed by atoms with Crippen LogP contribution in [0.4, 0.5) is 20.6 Å². The Morgan fingerprint density at radius 1 is 1.21 bits per heavy atom. The highest BCUT2D eigenvalue weighted by Crippen LogP contribution is 2.35. The van der Waals surface area contributed by atoms with E-state index >= 15 is 0 Å². The van der Waals surface area contributed by atoms with Crippen molar-refractivity contribution >= 4 is 35.1 Å². The van der Waals surface area contributed by atoms with Gasteiger partial charge < -0.3 is 16.0 Å². The number of imide groups is 1. The van der Waals surface area contributed by atoms with Gasteiger partial charge in [0.2, 0.25) is 11.8 Å². The van der Waals surface area contributed by atoms with Crippen molar-refractivity contribution < 1.29 is 23.6 Å². The zero-order valence-corrected chi connectivity index (χ0v) is 15.6. The number of amides is 5. The summed E-state index contributed by atoms with van der Waals surface area (Å²) in [4.78, 5) is 49.0. The lowest BCUT2D eigenvalue weighted by Crippen LogP contribution is -2.44. The van der Waals surface area contributed by atoms with Crippen molar-refractivity contribution in [3.8, 4) is 0 Å². The third-order valence-corrected chi connectivity index (χ3v) is 5.05. The Balaban J connectivity index is 1.50. The molecule has 0 bridgehead atoms. The molecule has 1 aromatic rings. The quantitative estimate of drug-likeness (QED) is 0.648. The Morgan fingerprint density at radius 2 is 1.93 bits per heavy atom. The third-order valence-electron chi connectivity index (χ3n) is 5.05. The number of halogens is 1. The summed E-state index contributed by atoms with van der Waals surface area (Å²) in [6.07, 6.45) is 3.57. The summed E-state index contributed by atoms with van der Waals surface area (Å²) in [6.45, 7) is 1.43. The topological polar surface area (TPSA) is 108 Å². The molecular weight excluding hydrogens is 367 g/mol. The Labute approximate surface area is 161 Å². The smallest absolute Gasteiger partial charge is 0.325 e. The summed E-state index contributed by atoms with van der Waals surface area (Å²) in [5.74, 6) is -1.56. The van der Waals surface area contributed by atoms with Crippen LogP contribution >= 0.6 is 0 Å². The first kappa shape index (κ1) is 19.8. The second-order valence-electron chi connectivity index (χ2n) is 7.20. The fraction of sp³-hybridized carbons (Fsp3) is 0.474. The van der Waals surface area contributed by atoms with E-state index in [0.29, 0.717) is 24.9 Å². The predicted molar refractivity (Wildman–Crippen MR) is 100 cm³/mol. The molecule has 0 atom stereocenters. The number of carbonyl (C=O) groups is 4. The molecule has 9 heteroatoms. The number of carbonyl (C=O) groups excluding carboxylic acids is 4. The first-order valence-electron chi connectivity index (χ1n) is 9.32. The predicted octanol–water partition coefficient (Wildman–Crippen LogP) is 2.37. The highest BCUT2D eigenvalue weighted by atomic mass is 19.1. The number of hydrogen-bond donors (Lipinski definition) is 3. The normalized spacial score (nSPS) is 17.7. The Bertz CT molecular complexity index is 820. The van der Waals surface area contributed by atoms with E-state index in [2.05, 4.69) is 16.0 Å². The first-order valence-corrected chi connectivity index (χ1v) is 9.32. The SMILES string of the molecule is CC(=O)Nc1cc(NC(=O)CCCN2C(=O)NC3(CCCC3)C2=O)ccc1F. The number of urea groups is 1. The summed E-state index contributed by atoms with van der Waals surface area (Å²) in [7, 11) is 0. The van der Waals surface area contributed by atoms with Gasteiger partial charge in [0.25, 0.3) is 5.91 Å². The highest BCUT2D eigenvalue weighted by Gasteiger charge is 2.51. The fourth-order valence-corrected chi connectivity index (χ4v) is 3.71. The molecule has 1 aromatic carbocycles. The maximum absolute atomic E-state index is 13.6. The van der Waals surface area contributed by atoms with E-state index in [4.69, 9.17) is 0 Å². The largest absolute Gasteiger partial charge is 0.326 e. The van der Waals surface area contributed by atoms with Crippen molar-refractivity contribution in [3.63, 3.8) is 0 Å². The van der Waals surface area contributed by atoms with E-state index < -0.39 is 23.3 Å². The maximum Gasteiger partial charge on any atom is 0.325 e. The Morgan fingerprint density at radius 3 is 2.61 bits per heavy atom. The second-order valence-corrected chi connectivity index (χ2v) is 7.20. The zero-order valence-electron chi connectivity index (χ0n) is 15.6. The van der Waals surface area contributed by atoms with Gasteiger partial charge in [-0.15, -0.1) is 0 Å². The summed E-state index contributed by atoms with van der Waals surface area (Å²) >= 11 is 0. The summed E-state index contributed by atoms with van der Waals surface area (Å²) < 4.78 is 13.6. The molecule has 1 saturated heterocycles. The zero-order chi connectivity index (χ0) is 20.3. The van der Waals surface area contributed by atoms with Gasteiger partial charge in [0.05, 0.1) is 5.69 Å². The molecule has 3 N–H and O–H groups in total. The number of nitrogens with one attached hydrogen (secondary N) is 3. The van der Waals surface area contributed by atoms with E-state index in [1.54, 1.807) is 0 Å². The number of hydrogen-bond acceptors (Lipinski definition) is 4. The van der Waals surface area contributed by atoms with Crippen LogP contribution in [0.2, 0.25) is 0 Å². The van der Waals surface area contributed by atoms with Crippen LogP contribution in [0.5, 0.6) is 0 Å². The standard InChI is InChI=1S/C19H23FN4O4/c1-12(25)21-15-11-13(6-7-14(15)20)22-16(26)5-4-10-24-17(27)19(23-18(24)28)8-2-3-9-19/h6-7,11H,2-5,8-10H2,1H3,(H,21,25)(H,22,26)(H,23,28). The monoisotopic (exact) mass is 390 g/mol. The van der Waals surface area contributed by atoms with Gasteiger partial charge in [-0.25, -0.2) is 9.18 Å². The number of rotatable bonds is 6. The van der Waals surface area contributed by atoms with Gasteiger partial charge in [0, 0.05) is 25.6 Å². The van der Waals surface area contributed by atoms with Gasteiger partial charge in [-0.2, -0.15) is 0 Å².